The minimum Gasteiger partial charge on any atom is -0.436 e. The molecular weight excluding hydrogens is 214 g/mol. The Labute approximate surface area is 93.4 Å². The zero-order chi connectivity index (χ0) is 11.3. The molecule has 0 aliphatic heterocycles. The number of nitrogens with one attached hydrogen (secondary N) is 1. The quantitative estimate of drug-likeness (QED) is 0.783. The Morgan fingerprint density at radius 2 is 2.40 bits per heavy atom. The maximum absolute atomic E-state index is 11.2. The third-order valence-corrected chi connectivity index (χ3v) is 1.96. The number of hydrogen-bond acceptors (Lipinski definition) is 2. The Hall–Kier alpha value is -1.66. The molecule has 0 atom stereocenters. The normalized spacial score (nSPS) is 9.13. The standard InChI is InChI=1S/C11H10ClNO2/c1-3-6-15-11(14)13-10-7-9(12)5-4-8(10)2/h1,4-5,7H,6H2,2H3,(H,13,14). The van der Waals surface area contributed by atoms with E-state index in [4.69, 9.17) is 18.0 Å². The highest BCUT2D eigenvalue weighted by Gasteiger charge is 2.05. The highest BCUT2D eigenvalue weighted by molar-refractivity contribution is 6.30. The Kier molecular flexibility index (Phi) is 4.02. The second-order valence-corrected chi connectivity index (χ2v) is 3.30. The molecule has 1 aromatic rings. The van der Waals surface area contributed by atoms with Crippen LogP contribution in [0.1, 0.15) is 5.56 Å². The summed E-state index contributed by atoms with van der Waals surface area (Å²) in [6.07, 6.45) is 4.36. The number of halogens is 1. The van der Waals surface area contributed by atoms with Crippen LogP contribution in [0.3, 0.4) is 0 Å². The van der Waals surface area contributed by atoms with Crippen LogP contribution >= 0.6 is 11.6 Å². The van der Waals surface area contributed by atoms with Gasteiger partial charge in [0.25, 0.3) is 0 Å². The van der Waals surface area contributed by atoms with E-state index in [1.54, 1.807) is 18.2 Å². The lowest BCUT2D eigenvalue weighted by atomic mass is 10.2. The van der Waals surface area contributed by atoms with E-state index in [1.807, 2.05) is 6.92 Å². The predicted molar refractivity (Wildman–Crippen MR) is 60.0 cm³/mol. The van der Waals surface area contributed by atoms with Gasteiger partial charge in [0.15, 0.2) is 6.61 Å². The molecule has 0 aliphatic rings. The summed E-state index contributed by atoms with van der Waals surface area (Å²) < 4.78 is 4.66. The molecule has 0 aliphatic carbocycles. The molecule has 1 rings (SSSR count). The number of hydrogen-bond donors (Lipinski definition) is 1. The van der Waals surface area contributed by atoms with Crippen LogP contribution in [0.25, 0.3) is 0 Å². The Morgan fingerprint density at radius 3 is 3.07 bits per heavy atom. The van der Waals surface area contributed by atoms with Gasteiger partial charge in [0, 0.05) is 10.7 Å². The van der Waals surface area contributed by atoms with Crippen molar-refractivity contribution in [1.82, 2.24) is 0 Å². The summed E-state index contributed by atoms with van der Waals surface area (Å²) in [6, 6.07) is 5.20. The lowest BCUT2D eigenvalue weighted by molar-refractivity contribution is 0.176. The molecule has 4 heteroatoms. The number of carbonyl (C=O) groups is 1. The maximum atomic E-state index is 11.2. The minimum atomic E-state index is -0.585. The molecule has 0 aromatic heterocycles. The minimum absolute atomic E-state index is 0.0502. The first kappa shape index (κ1) is 11.4. The second-order valence-electron chi connectivity index (χ2n) is 2.86. The molecule has 0 fully saturated rings. The van der Waals surface area contributed by atoms with Crippen LogP contribution in [0.4, 0.5) is 10.5 Å². The molecule has 0 spiro atoms. The number of rotatable bonds is 2. The SMILES string of the molecule is C#CCOC(=O)Nc1cc(Cl)ccc1C. The van der Waals surface area contributed by atoms with Gasteiger partial charge in [-0.1, -0.05) is 23.6 Å². The molecule has 1 N–H and O–H groups in total. The fourth-order valence-electron chi connectivity index (χ4n) is 0.982. The van der Waals surface area contributed by atoms with Crippen LogP contribution in [0.15, 0.2) is 18.2 Å². The third kappa shape index (κ3) is 3.53. The monoisotopic (exact) mass is 223 g/mol. The first-order valence-corrected chi connectivity index (χ1v) is 4.64. The molecular formula is C11H10ClNO2. The first-order chi connectivity index (χ1) is 7.13. The molecule has 15 heavy (non-hydrogen) atoms. The van der Waals surface area contributed by atoms with E-state index in [2.05, 4.69) is 16.0 Å². The average Bonchev–Trinajstić information content (AvgIpc) is 2.20. The van der Waals surface area contributed by atoms with Crippen LogP contribution in [0.2, 0.25) is 5.02 Å². The number of carbonyl (C=O) groups excluding carboxylic acids is 1. The average molecular weight is 224 g/mol. The maximum Gasteiger partial charge on any atom is 0.412 e. The molecule has 0 radical (unpaired) electrons. The number of amides is 1. The van der Waals surface area contributed by atoms with E-state index in [-0.39, 0.29) is 6.61 Å². The summed E-state index contributed by atoms with van der Waals surface area (Å²) in [6.45, 7) is 1.80. The van der Waals surface area contributed by atoms with Gasteiger partial charge >= 0.3 is 6.09 Å². The molecule has 0 saturated heterocycles. The first-order valence-electron chi connectivity index (χ1n) is 4.27. The Balaban J connectivity index is 2.68. The predicted octanol–water partition coefficient (Wildman–Crippen LogP) is 2.83. The van der Waals surface area contributed by atoms with Gasteiger partial charge in [-0.05, 0) is 24.6 Å². The van der Waals surface area contributed by atoms with Crippen molar-refractivity contribution < 1.29 is 9.53 Å². The molecule has 0 saturated carbocycles. The summed E-state index contributed by atoms with van der Waals surface area (Å²) in [4.78, 5) is 11.2. The van der Waals surface area contributed by atoms with Gasteiger partial charge in [-0.3, -0.25) is 5.32 Å². The summed E-state index contributed by atoms with van der Waals surface area (Å²) in [5, 5.41) is 3.09. The van der Waals surface area contributed by atoms with Crippen LogP contribution in [0.5, 0.6) is 0 Å². The lowest BCUT2D eigenvalue weighted by Crippen LogP contribution is -2.14. The lowest BCUT2D eigenvalue weighted by Gasteiger charge is -2.07. The van der Waals surface area contributed by atoms with E-state index < -0.39 is 6.09 Å². The smallest absolute Gasteiger partial charge is 0.412 e. The summed E-state index contributed by atoms with van der Waals surface area (Å²) >= 11 is 5.78. The van der Waals surface area contributed by atoms with Crippen molar-refractivity contribution in [3.63, 3.8) is 0 Å². The summed E-state index contributed by atoms with van der Waals surface area (Å²) in [5.41, 5.74) is 1.52. The Morgan fingerprint density at radius 1 is 1.67 bits per heavy atom. The second kappa shape index (κ2) is 5.28. The Bertz CT molecular complexity index is 410. The number of terminal acetylenes is 1. The molecule has 0 unspecified atom stereocenters. The van der Waals surface area contributed by atoms with Gasteiger partial charge in [-0.15, -0.1) is 6.42 Å². The van der Waals surface area contributed by atoms with Crippen LogP contribution in [-0.4, -0.2) is 12.7 Å². The van der Waals surface area contributed by atoms with Crippen LogP contribution < -0.4 is 5.32 Å². The van der Waals surface area contributed by atoms with E-state index in [9.17, 15) is 4.79 Å². The molecule has 3 nitrogen and oxygen atoms in total. The zero-order valence-electron chi connectivity index (χ0n) is 8.21. The fourth-order valence-corrected chi connectivity index (χ4v) is 1.15. The summed E-state index contributed by atoms with van der Waals surface area (Å²) in [7, 11) is 0. The van der Waals surface area contributed by atoms with Gasteiger partial charge in [-0.2, -0.15) is 0 Å². The topological polar surface area (TPSA) is 38.3 Å². The number of aryl methyl sites for hydroxylation is 1. The molecule has 1 amide bonds. The van der Waals surface area contributed by atoms with Gasteiger partial charge < -0.3 is 4.74 Å². The van der Waals surface area contributed by atoms with Crippen molar-refractivity contribution in [2.24, 2.45) is 0 Å². The van der Waals surface area contributed by atoms with Gasteiger partial charge in [0.05, 0.1) is 0 Å². The number of benzene rings is 1. The van der Waals surface area contributed by atoms with Crippen molar-refractivity contribution in [2.75, 3.05) is 11.9 Å². The van der Waals surface area contributed by atoms with E-state index in [1.165, 1.54) is 0 Å². The molecule has 0 bridgehead atoms. The highest BCUT2D eigenvalue weighted by Crippen LogP contribution is 2.20. The third-order valence-electron chi connectivity index (χ3n) is 1.72. The molecule has 1 aromatic carbocycles. The van der Waals surface area contributed by atoms with Crippen molar-refractivity contribution in [2.45, 2.75) is 6.92 Å². The van der Waals surface area contributed by atoms with Gasteiger partial charge in [0.2, 0.25) is 0 Å². The van der Waals surface area contributed by atoms with Crippen LogP contribution in [0, 0.1) is 19.3 Å². The number of ether oxygens (including phenoxy) is 1. The summed E-state index contributed by atoms with van der Waals surface area (Å²) in [5.74, 6) is 2.20. The van der Waals surface area contributed by atoms with E-state index >= 15 is 0 Å². The van der Waals surface area contributed by atoms with Crippen molar-refractivity contribution >= 4 is 23.4 Å². The van der Waals surface area contributed by atoms with E-state index in [0.29, 0.717) is 10.7 Å². The van der Waals surface area contributed by atoms with Crippen molar-refractivity contribution in [1.29, 1.82) is 0 Å². The zero-order valence-corrected chi connectivity index (χ0v) is 8.97. The van der Waals surface area contributed by atoms with E-state index in [0.717, 1.165) is 5.56 Å². The number of anilines is 1. The van der Waals surface area contributed by atoms with Crippen molar-refractivity contribution in [3.05, 3.63) is 28.8 Å². The highest BCUT2D eigenvalue weighted by atomic mass is 35.5. The van der Waals surface area contributed by atoms with Gasteiger partial charge in [0.1, 0.15) is 0 Å². The van der Waals surface area contributed by atoms with Crippen LogP contribution in [-0.2, 0) is 4.74 Å². The van der Waals surface area contributed by atoms with Gasteiger partial charge in [-0.25, -0.2) is 4.79 Å². The van der Waals surface area contributed by atoms with Crippen molar-refractivity contribution in [3.8, 4) is 12.3 Å². The fraction of sp³-hybridized carbons (Fsp3) is 0.182. The molecule has 0 heterocycles. The molecule has 78 valence electrons. The largest absolute Gasteiger partial charge is 0.436 e.